The van der Waals surface area contributed by atoms with Crippen LogP contribution in [0.25, 0.3) is 0 Å². The molecular weight excluding hydrogens is 292 g/mol. The number of aryl methyl sites for hydroxylation is 1. The number of nitrogens with one attached hydrogen (secondary N) is 1. The number of nitrogens with zero attached hydrogens (tertiary/aromatic N) is 3. The first kappa shape index (κ1) is 15.3. The largest absolute Gasteiger partial charge is 0.474 e. The molecule has 23 heavy (non-hydrogen) atoms. The van der Waals surface area contributed by atoms with Gasteiger partial charge in [0.15, 0.2) is 0 Å². The number of piperidine rings is 1. The van der Waals surface area contributed by atoms with Crippen LogP contribution in [-0.4, -0.2) is 40.1 Å². The Labute approximate surface area is 135 Å². The average Bonchev–Trinajstić information content (AvgIpc) is 2.56. The van der Waals surface area contributed by atoms with Crippen molar-refractivity contribution in [3.8, 4) is 5.88 Å². The summed E-state index contributed by atoms with van der Waals surface area (Å²) in [6, 6.07) is 9.49. The van der Waals surface area contributed by atoms with Gasteiger partial charge in [-0.2, -0.15) is 0 Å². The fraction of sp³-hybridized carbons (Fsp3) is 0.353. The number of carbonyl (C=O) groups excluding carboxylic acids is 1. The first-order valence-electron chi connectivity index (χ1n) is 7.76. The molecule has 2 heterocycles. The molecule has 1 aliphatic rings. The lowest BCUT2D eigenvalue weighted by molar-refractivity contribution is 0.111. The van der Waals surface area contributed by atoms with Gasteiger partial charge in [-0.05, 0) is 24.6 Å². The molecule has 1 aliphatic heterocycles. The van der Waals surface area contributed by atoms with Gasteiger partial charge in [0.1, 0.15) is 12.4 Å². The number of anilines is 1. The van der Waals surface area contributed by atoms with Gasteiger partial charge in [-0.3, -0.25) is 0 Å². The average molecular weight is 312 g/mol. The molecule has 2 aromatic rings. The number of carbonyl (C=O) groups is 1. The fourth-order valence-electron chi connectivity index (χ4n) is 2.62. The van der Waals surface area contributed by atoms with Gasteiger partial charge in [0.05, 0.1) is 0 Å². The minimum absolute atomic E-state index is 0.0592. The highest BCUT2D eigenvalue weighted by molar-refractivity contribution is 5.89. The highest BCUT2D eigenvalue weighted by atomic mass is 16.5. The Kier molecular flexibility index (Phi) is 4.71. The summed E-state index contributed by atoms with van der Waals surface area (Å²) in [6.45, 7) is 3.35. The van der Waals surface area contributed by atoms with Crippen LogP contribution < -0.4 is 10.1 Å². The molecule has 2 amide bonds. The maximum Gasteiger partial charge on any atom is 0.321 e. The Bertz CT molecular complexity index is 655. The molecular formula is C17H20N4O2. The van der Waals surface area contributed by atoms with Crippen LogP contribution in [0.4, 0.5) is 10.5 Å². The quantitative estimate of drug-likeness (QED) is 0.946. The van der Waals surface area contributed by atoms with Crippen molar-refractivity contribution in [3.05, 3.63) is 48.4 Å². The molecule has 1 saturated heterocycles. The van der Waals surface area contributed by atoms with Gasteiger partial charge in [0, 0.05) is 43.9 Å². The summed E-state index contributed by atoms with van der Waals surface area (Å²) >= 11 is 0. The molecule has 6 heteroatoms. The number of hydrogen-bond donors (Lipinski definition) is 1. The summed E-state index contributed by atoms with van der Waals surface area (Å²) < 4.78 is 5.81. The van der Waals surface area contributed by atoms with Crippen LogP contribution in [-0.2, 0) is 0 Å². The second-order valence-electron chi connectivity index (χ2n) is 5.65. The summed E-state index contributed by atoms with van der Waals surface area (Å²) in [5.74, 6) is 0.586. The van der Waals surface area contributed by atoms with Crippen molar-refractivity contribution in [1.29, 1.82) is 0 Å². The zero-order valence-electron chi connectivity index (χ0n) is 13.1. The van der Waals surface area contributed by atoms with Gasteiger partial charge in [-0.25, -0.2) is 14.8 Å². The summed E-state index contributed by atoms with van der Waals surface area (Å²) in [5, 5.41) is 2.94. The predicted molar refractivity (Wildman–Crippen MR) is 87.5 cm³/mol. The molecule has 0 atom stereocenters. The van der Waals surface area contributed by atoms with Crippen LogP contribution in [0.5, 0.6) is 5.88 Å². The molecule has 0 radical (unpaired) electrons. The van der Waals surface area contributed by atoms with Gasteiger partial charge in [0.2, 0.25) is 5.88 Å². The molecule has 1 N–H and O–H groups in total. The lowest BCUT2D eigenvalue weighted by Gasteiger charge is -2.31. The molecule has 0 bridgehead atoms. The summed E-state index contributed by atoms with van der Waals surface area (Å²) in [7, 11) is 0. The van der Waals surface area contributed by atoms with Gasteiger partial charge >= 0.3 is 6.03 Å². The highest BCUT2D eigenvalue weighted by Gasteiger charge is 2.24. The van der Waals surface area contributed by atoms with E-state index in [1.165, 1.54) is 6.33 Å². The third-order valence-electron chi connectivity index (χ3n) is 3.84. The zero-order chi connectivity index (χ0) is 16.1. The van der Waals surface area contributed by atoms with Gasteiger partial charge in [-0.15, -0.1) is 0 Å². The number of aromatic nitrogens is 2. The monoisotopic (exact) mass is 312 g/mol. The van der Waals surface area contributed by atoms with Gasteiger partial charge in [-0.1, -0.05) is 12.1 Å². The van der Waals surface area contributed by atoms with Crippen LogP contribution in [0.3, 0.4) is 0 Å². The second kappa shape index (κ2) is 7.09. The van der Waals surface area contributed by atoms with E-state index in [9.17, 15) is 4.79 Å². The third kappa shape index (κ3) is 4.18. The SMILES string of the molecule is Cc1cccc(NC(=O)N2CCC(Oc3ccncn3)CC2)c1. The van der Waals surface area contributed by atoms with E-state index >= 15 is 0 Å². The highest BCUT2D eigenvalue weighted by Crippen LogP contribution is 2.18. The van der Waals surface area contributed by atoms with E-state index in [1.54, 1.807) is 12.3 Å². The summed E-state index contributed by atoms with van der Waals surface area (Å²) in [5.41, 5.74) is 1.95. The molecule has 1 fully saturated rings. The number of hydrogen-bond acceptors (Lipinski definition) is 4. The van der Waals surface area contributed by atoms with Crippen molar-refractivity contribution >= 4 is 11.7 Å². The summed E-state index contributed by atoms with van der Waals surface area (Å²) in [6.07, 6.45) is 4.82. The number of likely N-dealkylation sites (tertiary alicyclic amines) is 1. The normalized spacial score (nSPS) is 15.3. The molecule has 0 aliphatic carbocycles. The van der Waals surface area contributed by atoms with E-state index in [2.05, 4.69) is 15.3 Å². The van der Waals surface area contributed by atoms with Crippen LogP contribution in [0.2, 0.25) is 0 Å². The fourth-order valence-corrected chi connectivity index (χ4v) is 2.62. The first-order chi connectivity index (χ1) is 11.2. The molecule has 1 aromatic heterocycles. The van der Waals surface area contributed by atoms with Crippen molar-refractivity contribution < 1.29 is 9.53 Å². The molecule has 6 nitrogen and oxygen atoms in total. The number of amides is 2. The molecule has 3 rings (SSSR count). The lowest BCUT2D eigenvalue weighted by atomic mass is 10.1. The molecule has 120 valence electrons. The van der Waals surface area contributed by atoms with Crippen LogP contribution >= 0.6 is 0 Å². The van der Waals surface area contributed by atoms with E-state index in [0.717, 1.165) is 24.1 Å². The van der Waals surface area contributed by atoms with E-state index < -0.39 is 0 Å². The van der Waals surface area contributed by atoms with Crippen molar-refractivity contribution in [3.63, 3.8) is 0 Å². The van der Waals surface area contributed by atoms with E-state index in [-0.39, 0.29) is 12.1 Å². The summed E-state index contributed by atoms with van der Waals surface area (Å²) in [4.78, 5) is 22.1. The molecule has 0 saturated carbocycles. The number of ether oxygens (including phenoxy) is 1. The molecule has 0 unspecified atom stereocenters. The topological polar surface area (TPSA) is 67.4 Å². The Hall–Kier alpha value is -2.63. The zero-order valence-corrected chi connectivity index (χ0v) is 13.1. The van der Waals surface area contributed by atoms with Gasteiger partial charge in [0.25, 0.3) is 0 Å². The van der Waals surface area contributed by atoms with Crippen molar-refractivity contribution in [2.24, 2.45) is 0 Å². The Morgan fingerprint density at radius 3 is 2.83 bits per heavy atom. The second-order valence-corrected chi connectivity index (χ2v) is 5.65. The first-order valence-corrected chi connectivity index (χ1v) is 7.76. The smallest absolute Gasteiger partial charge is 0.321 e. The van der Waals surface area contributed by atoms with Crippen molar-refractivity contribution in [2.75, 3.05) is 18.4 Å². The van der Waals surface area contributed by atoms with Crippen LogP contribution in [0.1, 0.15) is 18.4 Å². The maximum atomic E-state index is 12.3. The van der Waals surface area contributed by atoms with E-state index in [1.807, 2.05) is 36.1 Å². The molecule has 0 spiro atoms. The number of benzene rings is 1. The Morgan fingerprint density at radius 2 is 2.13 bits per heavy atom. The Morgan fingerprint density at radius 1 is 1.30 bits per heavy atom. The minimum Gasteiger partial charge on any atom is -0.474 e. The Balaban J connectivity index is 1.49. The maximum absolute atomic E-state index is 12.3. The number of rotatable bonds is 3. The van der Waals surface area contributed by atoms with Crippen LogP contribution in [0.15, 0.2) is 42.9 Å². The van der Waals surface area contributed by atoms with Crippen molar-refractivity contribution in [1.82, 2.24) is 14.9 Å². The van der Waals surface area contributed by atoms with E-state index in [4.69, 9.17) is 4.74 Å². The molecule has 1 aromatic carbocycles. The minimum atomic E-state index is -0.0592. The number of urea groups is 1. The van der Waals surface area contributed by atoms with E-state index in [0.29, 0.717) is 19.0 Å². The van der Waals surface area contributed by atoms with Crippen LogP contribution in [0, 0.1) is 6.92 Å². The third-order valence-corrected chi connectivity index (χ3v) is 3.84. The van der Waals surface area contributed by atoms with Crippen molar-refractivity contribution in [2.45, 2.75) is 25.9 Å². The van der Waals surface area contributed by atoms with Gasteiger partial charge < -0.3 is 15.0 Å². The lowest BCUT2D eigenvalue weighted by Crippen LogP contribution is -2.43. The predicted octanol–water partition coefficient (Wildman–Crippen LogP) is 2.86. The standard InChI is InChI=1S/C17H20N4O2/c1-13-3-2-4-14(11-13)20-17(22)21-9-6-15(7-10-21)23-16-5-8-18-12-19-16/h2-5,8,11-12,15H,6-7,9-10H2,1H3,(H,20,22).